The van der Waals surface area contributed by atoms with Crippen molar-refractivity contribution >= 4 is 29.0 Å². The normalized spacial score (nSPS) is 13.3. The maximum Gasteiger partial charge on any atom is 0.322 e. The lowest BCUT2D eigenvalue weighted by Gasteiger charge is -2.27. The topological polar surface area (TPSA) is 82.5 Å². The first kappa shape index (κ1) is 18.4. The lowest BCUT2D eigenvalue weighted by molar-refractivity contribution is 0.205. The third-order valence-electron chi connectivity index (χ3n) is 5.24. The second-order valence-corrected chi connectivity index (χ2v) is 7.56. The minimum atomic E-state index is -0.209. The van der Waals surface area contributed by atoms with Gasteiger partial charge in [-0.15, -0.1) is 0 Å². The predicted octanol–water partition coefficient (Wildman–Crippen LogP) is 3.93. The zero-order valence-corrected chi connectivity index (χ0v) is 16.7. The summed E-state index contributed by atoms with van der Waals surface area (Å²) >= 11 is 6.29. The molecule has 0 fully saturated rings. The van der Waals surface area contributed by atoms with Crippen LogP contribution in [-0.4, -0.2) is 32.1 Å². The SMILES string of the molecule is O=C(Nc1ccccc1)N1CCc2c(nc3cc(-c4ccccc4Cl)[nH]n3c2=O)C1. The number of carbonyl (C=O) groups excluding carboxylic acids is 1. The van der Waals surface area contributed by atoms with E-state index in [4.69, 9.17) is 11.6 Å². The van der Waals surface area contributed by atoms with Crippen LogP contribution in [0.2, 0.25) is 5.02 Å². The lowest BCUT2D eigenvalue weighted by Crippen LogP contribution is -2.41. The quantitative estimate of drug-likeness (QED) is 0.516. The number of amides is 2. The average Bonchev–Trinajstić information content (AvgIpc) is 3.18. The second kappa shape index (κ2) is 7.35. The smallest absolute Gasteiger partial charge is 0.318 e. The van der Waals surface area contributed by atoms with E-state index in [1.54, 1.807) is 17.0 Å². The molecular weight excluding hydrogens is 402 g/mol. The predicted molar refractivity (Wildman–Crippen MR) is 116 cm³/mol. The van der Waals surface area contributed by atoms with Crippen molar-refractivity contribution in [3.8, 4) is 11.3 Å². The number of nitrogens with zero attached hydrogens (tertiary/aromatic N) is 3. The van der Waals surface area contributed by atoms with Gasteiger partial charge in [0.15, 0.2) is 5.65 Å². The van der Waals surface area contributed by atoms with Crippen molar-refractivity contribution < 1.29 is 4.79 Å². The van der Waals surface area contributed by atoms with Crippen molar-refractivity contribution in [3.63, 3.8) is 0 Å². The van der Waals surface area contributed by atoms with Gasteiger partial charge in [0.2, 0.25) is 0 Å². The Bertz CT molecular complexity index is 1310. The molecule has 150 valence electrons. The first-order valence-electron chi connectivity index (χ1n) is 9.59. The Morgan fingerprint density at radius 2 is 1.87 bits per heavy atom. The van der Waals surface area contributed by atoms with Gasteiger partial charge in [-0.25, -0.2) is 14.3 Å². The van der Waals surface area contributed by atoms with Gasteiger partial charge < -0.3 is 10.2 Å². The molecule has 8 heteroatoms. The van der Waals surface area contributed by atoms with Crippen molar-refractivity contribution in [2.75, 3.05) is 11.9 Å². The van der Waals surface area contributed by atoms with E-state index in [-0.39, 0.29) is 18.1 Å². The molecule has 4 aromatic rings. The zero-order chi connectivity index (χ0) is 20.7. The van der Waals surface area contributed by atoms with Crippen molar-refractivity contribution in [3.05, 3.63) is 87.3 Å². The highest BCUT2D eigenvalue weighted by atomic mass is 35.5. The van der Waals surface area contributed by atoms with Gasteiger partial charge in [-0.1, -0.05) is 48.0 Å². The molecule has 0 saturated carbocycles. The molecule has 7 nitrogen and oxygen atoms in total. The molecule has 2 N–H and O–H groups in total. The van der Waals surface area contributed by atoms with Gasteiger partial charge in [0, 0.05) is 34.4 Å². The summed E-state index contributed by atoms with van der Waals surface area (Å²) in [6.45, 7) is 0.735. The summed E-state index contributed by atoms with van der Waals surface area (Å²) in [6.07, 6.45) is 0.451. The van der Waals surface area contributed by atoms with E-state index in [1.807, 2.05) is 48.5 Å². The fraction of sp³-hybridized carbons (Fsp3) is 0.136. The molecule has 0 aliphatic carbocycles. The Morgan fingerprint density at radius 1 is 1.10 bits per heavy atom. The van der Waals surface area contributed by atoms with E-state index in [0.717, 1.165) is 11.3 Å². The number of para-hydroxylation sites is 1. The van der Waals surface area contributed by atoms with Crippen LogP contribution in [0.4, 0.5) is 10.5 Å². The van der Waals surface area contributed by atoms with Crippen molar-refractivity contribution in [1.82, 2.24) is 19.5 Å². The van der Waals surface area contributed by atoms with E-state index >= 15 is 0 Å². The molecule has 30 heavy (non-hydrogen) atoms. The molecular formula is C22H18ClN5O2. The third-order valence-corrected chi connectivity index (χ3v) is 5.57. The maximum absolute atomic E-state index is 13.0. The van der Waals surface area contributed by atoms with Crippen LogP contribution in [0.1, 0.15) is 11.3 Å². The van der Waals surface area contributed by atoms with Gasteiger partial charge in [-0.3, -0.25) is 9.89 Å². The zero-order valence-electron chi connectivity index (χ0n) is 15.9. The molecule has 1 aliphatic rings. The molecule has 1 aliphatic heterocycles. The molecule has 0 radical (unpaired) electrons. The first-order chi connectivity index (χ1) is 14.6. The number of halogens is 1. The van der Waals surface area contributed by atoms with Crippen molar-refractivity contribution in [1.29, 1.82) is 0 Å². The molecule has 0 unspecified atom stereocenters. The number of anilines is 1. The van der Waals surface area contributed by atoms with Crippen LogP contribution in [0.3, 0.4) is 0 Å². The summed E-state index contributed by atoms with van der Waals surface area (Å²) in [5.41, 5.74) is 3.85. The van der Waals surface area contributed by atoms with E-state index < -0.39 is 0 Å². The molecule has 5 rings (SSSR count). The summed E-state index contributed by atoms with van der Waals surface area (Å²) in [7, 11) is 0. The van der Waals surface area contributed by atoms with Crippen LogP contribution in [0.25, 0.3) is 16.9 Å². The van der Waals surface area contributed by atoms with Gasteiger partial charge in [0.05, 0.1) is 17.9 Å². The molecule has 0 spiro atoms. The minimum Gasteiger partial charge on any atom is -0.318 e. The van der Waals surface area contributed by atoms with Gasteiger partial charge in [-0.2, -0.15) is 0 Å². The van der Waals surface area contributed by atoms with Crippen LogP contribution < -0.4 is 10.9 Å². The monoisotopic (exact) mass is 419 g/mol. The van der Waals surface area contributed by atoms with E-state index in [9.17, 15) is 9.59 Å². The number of hydrogen-bond donors (Lipinski definition) is 2. The highest BCUT2D eigenvalue weighted by molar-refractivity contribution is 6.33. The Hall–Kier alpha value is -3.58. The fourth-order valence-electron chi connectivity index (χ4n) is 3.71. The number of urea groups is 1. The van der Waals surface area contributed by atoms with Crippen LogP contribution in [0.15, 0.2) is 65.5 Å². The number of rotatable bonds is 2. The first-order valence-corrected chi connectivity index (χ1v) is 9.97. The number of benzene rings is 2. The highest BCUT2D eigenvalue weighted by Crippen LogP contribution is 2.27. The highest BCUT2D eigenvalue weighted by Gasteiger charge is 2.25. The van der Waals surface area contributed by atoms with Crippen molar-refractivity contribution in [2.45, 2.75) is 13.0 Å². The summed E-state index contributed by atoms with van der Waals surface area (Å²) in [6, 6.07) is 18.3. The van der Waals surface area contributed by atoms with Crippen LogP contribution in [0, 0.1) is 0 Å². The van der Waals surface area contributed by atoms with E-state index in [0.29, 0.717) is 40.6 Å². The van der Waals surface area contributed by atoms with E-state index in [1.165, 1.54) is 4.52 Å². The summed E-state index contributed by atoms with van der Waals surface area (Å²) in [4.78, 5) is 32.0. The molecule has 2 amide bonds. The molecule has 3 heterocycles. The largest absolute Gasteiger partial charge is 0.322 e. The fourth-order valence-corrected chi connectivity index (χ4v) is 3.95. The van der Waals surface area contributed by atoms with Crippen LogP contribution in [0.5, 0.6) is 0 Å². The van der Waals surface area contributed by atoms with Gasteiger partial charge >= 0.3 is 6.03 Å². The molecule has 0 atom stereocenters. The molecule has 2 aromatic heterocycles. The van der Waals surface area contributed by atoms with Gasteiger partial charge in [0.25, 0.3) is 5.56 Å². The van der Waals surface area contributed by atoms with Crippen LogP contribution in [-0.2, 0) is 13.0 Å². The number of hydrogen-bond acceptors (Lipinski definition) is 3. The van der Waals surface area contributed by atoms with E-state index in [2.05, 4.69) is 15.4 Å². The van der Waals surface area contributed by atoms with Crippen molar-refractivity contribution in [2.24, 2.45) is 0 Å². The molecule has 0 bridgehead atoms. The summed E-state index contributed by atoms with van der Waals surface area (Å²) in [5.74, 6) is 0. The summed E-state index contributed by atoms with van der Waals surface area (Å²) in [5, 5.41) is 6.57. The van der Waals surface area contributed by atoms with Gasteiger partial charge in [-0.05, 0) is 24.6 Å². The standard InChI is InChI=1S/C22H18ClN5O2/c23-17-9-5-4-8-15(17)18-12-20-25-19-13-27(11-10-16(19)21(29)28(20)26-18)22(30)24-14-6-2-1-3-7-14/h1-9,12,26H,10-11,13H2,(H,24,30). The lowest BCUT2D eigenvalue weighted by atomic mass is 10.1. The molecule has 2 aromatic carbocycles. The second-order valence-electron chi connectivity index (χ2n) is 7.15. The maximum atomic E-state index is 13.0. The average molecular weight is 420 g/mol. The number of H-pyrrole nitrogens is 1. The number of fused-ring (bicyclic) bond motifs is 2. The molecule has 0 saturated heterocycles. The number of aromatic amines is 1. The van der Waals surface area contributed by atoms with Gasteiger partial charge in [0.1, 0.15) is 0 Å². The number of carbonyl (C=O) groups is 1. The summed E-state index contributed by atoms with van der Waals surface area (Å²) < 4.78 is 1.44. The Kier molecular flexibility index (Phi) is 4.52. The Morgan fingerprint density at radius 3 is 2.67 bits per heavy atom. The Labute approximate surface area is 176 Å². The Balaban J connectivity index is 1.47. The van der Waals surface area contributed by atoms with Crippen LogP contribution >= 0.6 is 11.6 Å². The number of aromatic nitrogens is 3. The minimum absolute atomic E-state index is 0.142. The number of nitrogens with one attached hydrogen (secondary N) is 2. The third kappa shape index (κ3) is 3.23.